The fourth-order valence-electron chi connectivity index (χ4n) is 1.40. The average molecular weight is 195 g/mol. The quantitative estimate of drug-likeness (QED) is 0.584. The van der Waals surface area contributed by atoms with Crippen molar-refractivity contribution in [2.24, 2.45) is 7.05 Å². The van der Waals surface area contributed by atoms with Gasteiger partial charge in [-0.25, -0.2) is 0 Å². The van der Waals surface area contributed by atoms with Crippen molar-refractivity contribution in [2.75, 3.05) is 0 Å². The predicted octanol–water partition coefficient (Wildman–Crippen LogP) is 3.28. The molecule has 0 amide bonds. The zero-order valence-electron chi connectivity index (χ0n) is 7.00. The van der Waals surface area contributed by atoms with Gasteiger partial charge in [0.05, 0.1) is 10.2 Å². The highest BCUT2D eigenvalue weighted by atomic mass is 32.1. The zero-order chi connectivity index (χ0) is 8.72. The molecule has 0 spiro atoms. The van der Waals surface area contributed by atoms with Crippen LogP contribution in [0.3, 0.4) is 0 Å². The van der Waals surface area contributed by atoms with Gasteiger partial charge in [0.2, 0.25) is 0 Å². The number of fused-ring (bicyclic) bond motifs is 1. The monoisotopic (exact) mass is 195 g/mol. The van der Waals surface area contributed by atoms with E-state index in [4.69, 9.17) is 12.2 Å². The molecule has 0 radical (unpaired) electrons. The number of benzene rings is 1. The molecule has 12 heavy (non-hydrogen) atoms. The first-order valence-electron chi connectivity index (χ1n) is 3.75. The van der Waals surface area contributed by atoms with Crippen molar-refractivity contribution in [3.8, 4) is 0 Å². The Morgan fingerprint density at radius 1 is 1.42 bits per heavy atom. The van der Waals surface area contributed by atoms with Crippen LogP contribution in [0.4, 0.5) is 0 Å². The number of aromatic nitrogens is 1. The minimum Gasteiger partial charge on any atom is -0.326 e. The topological polar surface area (TPSA) is 4.93 Å². The van der Waals surface area contributed by atoms with Crippen LogP contribution >= 0.6 is 23.6 Å². The van der Waals surface area contributed by atoms with Crippen molar-refractivity contribution >= 4 is 33.8 Å². The third kappa shape index (κ3) is 1.01. The fraction of sp³-hybridized carbons (Fsp3) is 0.222. The highest BCUT2D eigenvalue weighted by Gasteiger charge is 2.02. The van der Waals surface area contributed by atoms with Crippen molar-refractivity contribution in [1.29, 1.82) is 0 Å². The van der Waals surface area contributed by atoms with Gasteiger partial charge in [-0.2, -0.15) is 0 Å². The normalized spacial score (nSPS) is 10.8. The Balaban J connectivity index is 3.07. The maximum Gasteiger partial charge on any atom is 0.161 e. The number of para-hydroxylation sites is 1. The van der Waals surface area contributed by atoms with Gasteiger partial charge in [-0.3, -0.25) is 0 Å². The summed E-state index contributed by atoms with van der Waals surface area (Å²) < 4.78 is 4.30. The fourth-order valence-corrected chi connectivity index (χ4v) is 2.72. The maximum atomic E-state index is 5.20. The zero-order valence-corrected chi connectivity index (χ0v) is 8.63. The number of hydrogen-bond acceptors (Lipinski definition) is 2. The third-order valence-electron chi connectivity index (χ3n) is 2.01. The number of rotatable bonds is 0. The molecule has 0 saturated heterocycles. The Bertz CT molecular complexity index is 479. The Morgan fingerprint density at radius 2 is 2.17 bits per heavy atom. The van der Waals surface area contributed by atoms with Crippen LogP contribution in [0.2, 0.25) is 0 Å². The lowest BCUT2D eigenvalue weighted by molar-refractivity contribution is 0.959. The van der Waals surface area contributed by atoms with Gasteiger partial charge in [0.25, 0.3) is 0 Å². The molecule has 3 heteroatoms. The molecule has 1 heterocycles. The molecule has 0 aliphatic carbocycles. The van der Waals surface area contributed by atoms with Crippen LogP contribution in [0.25, 0.3) is 10.2 Å². The molecule has 62 valence electrons. The van der Waals surface area contributed by atoms with Crippen LogP contribution in [0, 0.1) is 10.9 Å². The Morgan fingerprint density at radius 3 is 2.83 bits per heavy atom. The van der Waals surface area contributed by atoms with Crippen LogP contribution in [-0.2, 0) is 7.05 Å². The van der Waals surface area contributed by atoms with Crippen molar-refractivity contribution in [3.05, 3.63) is 27.7 Å². The molecule has 0 atom stereocenters. The molecule has 1 aromatic heterocycles. The van der Waals surface area contributed by atoms with Gasteiger partial charge in [0, 0.05) is 7.05 Å². The van der Waals surface area contributed by atoms with E-state index in [-0.39, 0.29) is 0 Å². The van der Waals surface area contributed by atoms with Gasteiger partial charge in [-0.1, -0.05) is 12.1 Å². The number of nitrogens with zero attached hydrogens (tertiary/aromatic N) is 1. The summed E-state index contributed by atoms with van der Waals surface area (Å²) in [5.74, 6) is 0. The molecule has 0 saturated carbocycles. The summed E-state index contributed by atoms with van der Waals surface area (Å²) in [5.41, 5.74) is 2.56. The van der Waals surface area contributed by atoms with Crippen LogP contribution < -0.4 is 0 Å². The van der Waals surface area contributed by atoms with Gasteiger partial charge in [-0.05, 0) is 30.8 Å². The first kappa shape index (κ1) is 7.95. The highest BCUT2D eigenvalue weighted by Crippen LogP contribution is 2.24. The van der Waals surface area contributed by atoms with Crippen molar-refractivity contribution < 1.29 is 0 Å². The summed E-state index contributed by atoms with van der Waals surface area (Å²) in [6.07, 6.45) is 0. The average Bonchev–Trinajstić information content (AvgIpc) is 2.29. The molecule has 1 nitrogen and oxygen atoms in total. The number of hydrogen-bond donors (Lipinski definition) is 0. The van der Waals surface area contributed by atoms with Crippen LogP contribution in [-0.4, -0.2) is 4.57 Å². The number of aryl methyl sites for hydroxylation is 2. The Kier molecular flexibility index (Phi) is 1.77. The summed E-state index contributed by atoms with van der Waals surface area (Å²) >= 11 is 6.87. The van der Waals surface area contributed by atoms with E-state index in [1.165, 1.54) is 15.8 Å². The van der Waals surface area contributed by atoms with Crippen LogP contribution in [0.5, 0.6) is 0 Å². The second-order valence-electron chi connectivity index (χ2n) is 2.85. The lowest BCUT2D eigenvalue weighted by atomic mass is 10.2. The van der Waals surface area contributed by atoms with Gasteiger partial charge >= 0.3 is 0 Å². The molecule has 0 fully saturated rings. The summed E-state index contributed by atoms with van der Waals surface area (Å²) in [6, 6.07) is 6.30. The predicted molar refractivity (Wildman–Crippen MR) is 56.4 cm³/mol. The molecular formula is C9H9NS2. The van der Waals surface area contributed by atoms with Crippen molar-refractivity contribution in [2.45, 2.75) is 6.92 Å². The molecule has 2 aromatic rings. The van der Waals surface area contributed by atoms with E-state index in [1.807, 2.05) is 7.05 Å². The van der Waals surface area contributed by atoms with Gasteiger partial charge in [0.1, 0.15) is 0 Å². The SMILES string of the molecule is Cc1cccc2sc(=S)n(C)c12. The van der Waals surface area contributed by atoms with E-state index in [9.17, 15) is 0 Å². The first-order valence-corrected chi connectivity index (χ1v) is 4.98. The molecule has 0 N–H and O–H groups in total. The Labute approximate surface area is 80.3 Å². The summed E-state index contributed by atoms with van der Waals surface area (Å²) in [4.78, 5) is 0. The smallest absolute Gasteiger partial charge is 0.161 e. The molecule has 2 rings (SSSR count). The molecule has 0 bridgehead atoms. The van der Waals surface area contributed by atoms with E-state index in [0.29, 0.717) is 0 Å². The standard InChI is InChI=1S/C9H9NS2/c1-6-4-3-5-7-8(6)10(2)9(11)12-7/h3-5H,1-2H3. The number of thiazole rings is 1. The van der Waals surface area contributed by atoms with E-state index in [1.54, 1.807) is 11.3 Å². The second-order valence-corrected chi connectivity index (χ2v) is 4.52. The van der Waals surface area contributed by atoms with Gasteiger partial charge < -0.3 is 4.57 Å². The van der Waals surface area contributed by atoms with Gasteiger partial charge in [-0.15, -0.1) is 11.3 Å². The van der Waals surface area contributed by atoms with Crippen LogP contribution in [0.15, 0.2) is 18.2 Å². The molecule has 1 aromatic carbocycles. The van der Waals surface area contributed by atoms with E-state index in [0.717, 1.165) is 3.95 Å². The summed E-state index contributed by atoms with van der Waals surface area (Å²) in [6.45, 7) is 2.11. The van der Waals surface area contributed by atoms with Crippen LogP contribution in [0.1, 0.15) is 5.56 Å². The van der Waals surface area contributed by atoms with Crippen molar-refractivity contribution in [3.63, 3.8) is 0 Å². The molecule has 0 aliphatic heterocycles. The Hall–Kier alpha value is -0.670. The summed E-state index contributed by atoms with van der Waals surface area (Å²) in [7, 11) is 2.02. The summed E-state index contributed by atoms with van der Waals surface area (Å²) in [5, 5.41) is 0. The molecule has 0 unspecified atom stereocenters. The molecular weight excluding hydrogens is 186 g/mol. The van der Waals surface area contributed by atoms with E-state index < -0.39 is 0 Å². The minimum atomic E-state index is 0.944. The highest BCUT2D eigenvalue weighted by molar-refractivity contribution is 7.73. The minimum absolute atomic E-state index is 0.944. The first-order chi connectivity index (χ1) is 5.70. The van der Waals surface area contributed by atoms with E-state index in [2.05, 4.69) is 29.7 Å². The van der Waals surface area contributed by atoms with Crippen molar-refractivity contribution in [1.82, 2.24) is 4.57 Å². The molecule has 0 aliphatic rings. The largest absolute Gasteiger partial charge is 0.326 e. The third-order valence-corrected chi connectivity index (χ3v) is 3.53. The second kappa shape index (κ2) is 2.68. The lowest BCUT2D eigenvalue weighted by Crippen LogP contribution is -1.87. The van der Waals surface area contributed by atoms with Gasteiger partial charge in [0.15, 0.2) is 3.95 Å². The maximum absolute atomic E-state index is 5.20. The van der Waals surface area contributed by atoms with E-state index >= 15 is 0 Å². The lowest BCUT2D eigenvalue weighted by Gasteiger charge is -1.97.